The topological polar surface area (TPSA) is 78.2 Å². The summed E-state index contributed by atoms with van der Waals surface area (Å²) < 4.78 is 92.4. The molecule has 0 bridgehead atoms. The van der Waals surface area contributed by atoms with Gasteiger partial charge in [-0.2, -0.15) is 18.4 Å². The van der Waals surface area contributed by atoms with Gasteiger partial charge in [0.2, 0.25) is 5.88 Å². The molecule has 346 valence electrons. The lowest BCUT2D eigenvalue weighted by molar-refractivity contribution is -0.112. The van der Waals surface area contributed by atoms with E-state index in [0.29, 0.717) is 29.5 Å². The molecule has 13 heteroatoms. The van der Waals surface area contributed by atoms with Crippen LogP contribution in [0.1, 0.15) is 136 Å². The lowest BCUT2D eigenvalue weighted by Gasteiger charge is -2.38. The van der Waals surface area contributed by atoms with E-state index in [9.17, 15) is 10.1 Å². The second-order valence-electron chi connectivity index (χ2n) is 17.7. The first-order chi connectivity index (χ1) is 29.7. The lowest BCUT2D eigenvalue weighted by atomic mass is 9.84. The summed E-state index contributed by atoms with van der Waals surface area (Å²) >= 11 is 1.01. The van der Waals surface area contributed by atoms with E-state index in [-0.39, 0.29) is 80.3 Å². The highest BCUT2D eigenvalue weighted by atomic mass is 32.1. The monoisotopic (exact) mass is 898 g/mol. The van der Waals surface area contributed by atoms with Crippen LogP contribution in [0.15, 0.2) is 70.5 Å². The Bertz CT molecular complexity index is 2170. The fourth-order valence-electron chi connectivity index (χ4n) is 9.07. The van der Waals surface area contributed by atoms with E-state index < -0.39 is 29.0 Å². The van der Waals surface area contributed by atoms with Gasteiger partial charge in [0.25, 0.3) is 0 Å². The highest BCUT2D eigenvalue weighted by molar-refractivity contribution is 7.19. The molecule has 0 radical (unpaired) electrons. The Morgan fingerprint density at radius 1 is 1.14 bits per heavy atom. The Morgan fingerprint density at radius 3 is 2.37 bits per heavy atom. The minimum Gasteiger partial charge on any atom is -0.476 e. The Kier molecular flexibility index (Phi) is 18.1. The number of hydrogen-bond acceptors (Lipinski definition) is 8. The number of fused-ring (bicyclic) bond motifs is 2. The van der Waals surface area contributed by atoms with Crippen molar-refractivity contribution in [3.05, 3.63) is 87.3 Å². The maximum atomic E-state index is 18.0. The number of benzene rings is 1. The summed E-state index contributed by atoms with van der Waals surface area (Å²) in [7, 11) is 1.70. The molecule has 5 rings (SSSR count). The van der Waals surface area contributed by atoms with Gasteiger partial charge in [-0.1, -0.05) is 67.5 Å². The smallest absolute Gasteiger partial charge is 0.417 e. The van der Waals surface area contributed by atoms with Gasteiger partial charge in [0.1, 0.15) is 24.2 Å². The molecule has 1 aliphatic carbocycles. The molecule has 4 atom stereocenters. The molecule has 2 aliphatic heterocycles. The number of thiophene rings is 1. The van der Waals surface area contributed by atoms with E-state index in [0.717, 1.165) is 81.2 Å². The van der Waals surface area contributed by atoms with E-state index in [1.807, 2.05) is 27.7 Å². The van der Waals surface area contributed by atoms with Gasteiger partial charge in [-0.25, -0.2) is 13.8 Å². The van der Waals surface area contributed by atoms with Gasteiger partial charge in [0.05, 0.1) is 27.5 Å². The first-order valence-corrected chi connectivity index (χ1v) is 23.2. The van der Waals surface area contributed by atoms with Crippen LogP contribution in [0.4, 0.5) is 22.0 Å². The standard InChI is InChI=1S/C46H61F5N4O2S.C4H6O/c1-11-15-38(57-26-45-20-14-21-54(45)25-31(23-45)56-10)53-42-33(30(9)55(13-3)37(27(4)5)19-16-29(8)12-2)22-35(46(49,50)51)40(41(42)48)32-17-18-36(47)44-39(32)34(24-52)43(58-44)28(6)7;1-3-4(2)5/h15,17-18,22,27-29,31,37H,11-14,16,19-21,23,25-26H2,1-10H3;3H,1H2,2H3/b33-30+,38-15-,53-42+;. The van der Waals surface area contributed by atoms with Crippen molar-refractivity contribution in [2.24, 2.45) is 16.8 Å². The largest absolute Gasteiger partial charge is 0.476 e. The van der Waals surface area contributed by atoms with Crippen molar-refractivity contribution in [1.29, 1.82) is 5.26 Å². The summed E-state index contributed by atoms with van der Waals surface area (Å²) in [5.41, 5.74) is -2.27. The van der Waals surface area contributed by atoms with Gasteiger partial charge in [-0.3, -0.25) is 9.69 Å². The summed E-state index contributed by atoms with van der Waals surface area (Å²) in [6.45, 7) is 24.9. The Balaban J connectivity index is 0.00000165. The molecule has 7 nitrogen and oxygen atoms in total. The molecular formula is C50H67F5N4O3S. The summed E-state index contributed by atoms with van der Waals surface area (Å²) in [6.07, 6.45) is 4.91. The van der Waals surface area contributed by atoms with Crippen molar-refractivity contribution in [2.75, 3.05) is 33.4 Å². The van der Waals surface area contributed by atoms with Crippen LogP contribution in [0.25, 0.3) is 15.7 Å². The van der Waals surface area contributed by atoms with Gasteiger partial charge >= 0.3 is 6.18 Å². The zero-order chi connectivity index (χ0) is 47.0. The van der Waals surface area contributed by atoms with Crippen LogP contribution in [0.3, 0.4) is 0 Å². The van der Waals surface area contributed by atoms with Crippen molar-refractivity contribution >= 4 is 38.5 Å². The molecule has 2 fully saturated rings. The van der Waals surface area contributed by atoms with Crippen molar-refractivity contribution in [2.45, 2.75) is 144 Å². The van der Waals surface area contributed by atoms with Crippen LogP contribution in [-0.2, 0) is 14.3 Å². The van der Waals surface area contributed by atoms with E-state index >= 15 is 22.0 Å². The molecular weight excluding hydrogens is 832 g/mol. The van der Waals surface area contributed by atoms with Crippen molar-refractivity contribution < 1.29 is 36.2 Å². The molecule has 1 aromatic heterocycles. The van der Waals surface area contributed by atoms with Crippen LogP contribution in [-0.4, -0.2) is 78.5 Å². The van der Waals surface area contributed by atoms with Crippen LogP contribution in [0, 0.1) is 29.0 Å². The number of aliphatic imine (C=N–C) groups is 1. The number of nitrogens with zero attached hydrogens (tertiary/aromatic N) is 4. The molecule has 63 heavy (non-hydrogen) atoms. The number of ketones is 1. The van der Waals surface area contributed by atoms with Crippen molar-refractivity contribution in [3.8, 4) is 6.07 Å². The molecule has 3 heterocycles. The number of hydrogen-bond donors (Lipinski definition) is 0. The lowest BCUT2D eigenvalue weighted by Crippen LogP contribution is -2.42. The third-order valence-corrected chi connectivity index (χ3v) is 14.2. The molecule has 2 saturated heterocycles. The van der Waals surface area contributed by atoms with E-state index in [1.54, 1.807) is 20.1 Å². The zero-order valence-electron chi connectivity index (χ0n) is 39.1. The molecule has 1 aromatic carbocycles. The molecule has 4 unspecified atom stereocenters. The van der Waals surface area contributed by atoms with E-state index in [2.05, 4.69) is 50.1 Å². The van der Waals surface area contributed by atoms with Crippen molar-refractivity contribution in [3.63, 3.8) is 0 Å². The zero-order valence-corrected chi connectivity index (χ0v) is 39.9. The highest BCUT2D eigenvalue weighted by Gasteiger charge is 2.49. The number of rotatable bonds is 17. The fraction of sp³-hybridized carbons (Fsp3) is 0.580. The predicted octanol–water partition coefficient (Wildman–Crippen LogP) is 13.4. The summed E-state index contributed by atoms with van der Waals surface area (Å²) in [4.78, 5) is 19.5. The molecule has 2 aromatic rings. The van der Waals surface area contributed by atoms with Crippen LogP contribution in [0.5, 0.6) is 0 Å². The van der Waals surface area contributed by atoms with Crippen LogP contribution >= 0.6 is 11.3 Å². The van der Waals surface area contributed by atoms with Crippen molar-refractivity contribution in [1.82, 2.24) is 9.80 Å². The molecule has 0 saturated carbocycles. The SMILES string of the molecule is C=CC(C)=O.CC/C=C(/N=C1/C(F)=C(c2ccc(F)c3sc(C(C)C)c(C#N)c23)C(C(F)(F)F)=C/C1=C(/C)N(CC)C(CCC(C)CC)C(C)C)OCC12CCCN1CC(OC)C2. The average Bonchev–Trinajstić information content (AvgIpc) is 3.93. The number of alkyl halides is 3. The molecule has 0 N–H and O–H groups in total. The predicted molar refractivity (Wildman–Crippen MR) is 247 cm³/mol. The third-order valence-electron chi connectivity index (χ3n) is 12.7. The van der Waals surface area contributed by atoms with Gasteiger partial charge < -0.3 is 14.4 Å². The van der Waals surface area contributed by atoms with E-state index in [1.165, 1.54) is 13.0 Å². The number of halogens is 5. The van der Waals surface area contributed by atoms with Gasteiger partial charge in [0, 0.05) is 53.3 Å². The third kappa shape index (κ3) is 11.6. The summed E-state index contributed by atoms with van der Waals surface area (Å²) in [5, 5.41) is 10.3. The second-order valence-corrected chi connectivity index (χ2v) is 18.7. The maximum Gasteiger partial charge on any atom is 0.417 e. The number of allylic oxidation sites excluding steroid dienone is 8. The average molecular weight is 899 g/mol. The Hall–Kier alpha value is -4.12. The quantitative estimate of drug-likeness (QED) is 0.0894. The second kappa shape index (κ2) is 22.2. The van der Waals surface area contributed by atoms with Gasteiger partial charge in [0.15, 0.2) is 11.6 Å². The first kappa shape index (κ1) is 51.5. The first-order valence-electron chi connectivity index (χ1n) is 22.4. The van der Waals surface area contributed by atoms with Crippen LogP contribution in [0.2, 0.25) is 0 Å². The number of carbonyl (C=O) groups excluding carboxylic acids is 1. The fourth-order valence-corrected chi connectivity index (χ4v) is 10.3. The van der Waals surface area contributed by atoms with Gasteiger partial charge in [-0.05, 0) is 113 Å². The number of methoxy groups -OCH3 is 1. The summed E-state index contributed by atoms with van der Waals surface area (Å²) in [5.74, 6) is -1.38. The molecule has 3 aliphatic rings. The Morgan fingerprint density at radius 2 is 1.83 bits per heavy atom. The Labute approximate surface area is 376 Å². The molecule has 0 amide bonds. The highest BCUT2D eigenvalue weighted by Crippen LogP contribution is 2.49. The number of nitriles is 1. The maximum absolute atomic E-state index is 18.0. The van der Waals surface area contributed by atoms with Crippen LogP contribution < -0.4 is 0 Å². The summed E-state index contributed by atoms with van der Waals surface area (Å²) in [6, 6.07) is 4.28. The number of carbonyl (C=O) groups is 1. The minimum absolute atomic E-state index is 0.00300. The number of ether oxygens (including phenoxy) is 2. The van der Waals surface area contributed by atoms with Gasteiger partial charge in [-0.15, -0.1) is 11.3 Å². The normalized spacial score (nSPS) is 21.9. The minimum atomic E-state index is -5.02. The molecule has 0 spiro atoms. The van der Waals surface area contributed by atoms with E-state index in [4.69, 9.17) is 14.5 Å².